The summed E-state index contributed by atoms with van der Waals surface area (Å²) in [4.78, 5) is 17.0. The Morgan fingerprint density at radius 2 is 2.09 bits per heavy atom. The molecule has 3 aromatic rings. The molecule has 0 amide bonds. The van der Waals surface area contributed by atoms with E-state index in [1.165, 1.54) is 30.4 Å². The zero-order valence-electron chi connectivity index (χ0n) is 17.7. The van der Waals surface area contributed by atoms with Crippen molar-refractivity contribution in [3.8, 4) is 6.07 Å². The average Bonchev–Trinajstić information content (AvgIpc) is 3.53. The Kier molecular flexibility index (Phi) is 4.77. The number of hydrogen-bond donors (Lipinski definition) is 3. The van der Waals surface area contributed by atoms with Gasteiger partial charge in [0, 0.05) is 29.4 Å². The number of rotatable bonds is 4. The van der Waals surface area contributed by atoms with Gasteiger partial charge in [-0.1, -0.05) is 11.8 Å². The minimum atomic E-state index is -1.15. The van der Waals surface area contributed by atoms with Crippen LogP contribution >= 0.6 is 11.8 Å². The van der Waals surface area contributed by atoms with Crippen LogP contribution in [0, 0.1) is 28.9 Å². The van der Waals surface area contributed by atoms with E-state index in [4.69, 9.17) is 11.0 Å². The minimum absolute atomic E-state index is 0.0406. The monoisotopic (exact) mass is 467 g/mol. The fourth-order valence-electron chi connectivity index (χ4n) is 4.63. The van der Waals surface area contributed by atoms with Crippen molar-refractivity contribution in [1.29, 1.82) is 5.26 Å². The van der Waals surface area contributed by atoms with Crippen LogP contribution in [0.2, 0.25) is 0 Å². The van der Waals surface area contributed by atoms with E-state index in [1.54, 1.807) is 19.9 Å². The Bertz CT molecular complexity index is 1370. The molecule has 4 N–H and O–H groups in total. The van der Waals surface area contributed by atoms with E-state index in [9.17, 15) is 9.50 Å². The summed E-state index contributed by atoms with van der Waals surface area (Å²) in [6.07, 6.45) is 2.57. The highest BCUT2D eigenvalue weighted by molar-refractivity contribution is 8.15. The first kappa shape index (κ1) is 21.5. The summed E-state index contributed by atoms with van der Waals surface area (Å²) in [5.74, 6) is -2.00. The Morgan fingerprint density at radius 1 is 1.30 bits per heavy atom. The van der Waals surface area contributed by atoms with E-state index in [-0.39, 0.29) is 28.2 Å². The number of amidine groups is 1. The number of nitriles is 1. The SMILES string of the molecule is C[C@H](O)[C@]12C[C@H]1[C@@](C)(c1cc(Nc3ncnc4cc(C#N)cnc34)cc(F)c1F)N=C(N)S2. The Labute approximate surface area is 192 Å². The molecule has 33 heavy (non-hydrogen) atoms. The molecule has 0 radical (unpaired) electrons. The molecule has 0 saturated heterocycles. The van der Waals surface area contributed by atoms with Gasteiger partial charge in [0.25, 0.3) is 0 Å². The molecule has 5 rings (SSSR count). The van der Waals surface area contributed by atoms with Gasteiger partial charge < -0.3 is 16.2 Å². The fourth-order valence-corrected chi connectivity index (χ4v) is 6.05. The quantitative estimate of drug-likeness (QED) is 0.532. The van der Waals surface area contributed by atoms with Gasteiger partial charge in [0.1, 0.15) is 17.9 Å². The molecule has 0 spiro atoms. The number of aliphatic hydroxyl groups excluding tert-OH is 1. The summed E-state index contributed by atoms with van der Waals surface area (Å²) in [7, 11) is 0. The lowest BCUT2D eigenvalue weighted by molar-refractivity contribution is 0.169. The number of nitrogens with two attached hydrogens (primary N) is 1. The fraction of sp³-hybridized carbons (Fsp3) is 0.318. The molecule has 0 bridgehead atoms. The molecule has 11 heteroatoms. The summed E-state index contributed by atoms with van der Waals surface area (Å²) in [6, 6.07) is 6.07. The third-order valence-electron chi connectivity index (χ3n) is 6.42. The van der Waals surface area contributed by atoms with Gasteiger partial charge in [0.15, 0.2) is 22.6 Å². The highest BCUT2D eigenvalue weighted by atomic mass is 32.2. The number of aliphatic hydroxyl groups is 1. The summed E-state index contributed by atoms with van der Waals surface area (Å²) >= 11 is 1.29. The molecular formula is C22H19F2N7OS. The number of hydrogen-bond acceptors (Lipinski definition) is 9. The number of nitrogens with zero attached hydrogens (tertiary/aromatic N) is 5. The van der Waals surface area contributed by atoms with Gasteiger partial charge in [-0.2, -0.15) is 5.26 Å². The highest BCUT2D eigenvalue weighted by Gasteiger charge is 2.68. The number of benzene rings is 1. The Hall–Kier alpha value is -3.36. The van der Waals surface area contributed by atoms with Crippen molar-refractivity contribution in [1.82, 2.24) is 15.0 Å². The van der Waals surface area contributed by atoms with Gasteiger partial charge in [-0.25, -0.2) is 23.7 Å². The van der Waals surface area contributed by atoms with Gasteiger partial charge in [-0.05, 0) is 32.4 Å². The van der Waals surface area contributed by atoms with Gasteiger partial charge >= 0.3 is 0 Å². The maximum atomic E-state index is 15.1. The maximum Gasteiger partial charge on any atom is 0.164 e. The zero-order valence-corrected chi connectivity index (χ0v) is 18.5. The largest absolute Gasteiger partial charge is 0.392 e. The first-order valence-electron chi connectivity index (χ1n) is 10.2. The van der Waals surface area contributed by atoms with Crippen LogP contribution in [0.15, 0.2) is 35.7 Å². The molecule has 1 aliphatic carbocycles. The number of aliphatic imine (C=N–C) groups is 1. The lowest BCUT2D eigenvalue weighted by Crippen LogP contribution is -2.40. The summed E-state index contributed by atoms with van der Waals surface area (Å²) in [5, 5.41) is 22.6. The molecule has 2 aromatic heterocycles. The number of pyridine rings is 1. The van der Waals surface area contributed by atoms with Crippen LogP contribution < -0.4 is 11.1 Å². The molecule has 4 atom stereocenters. The third-order valence-corrected chi connectivity index (χ3v) is 7.89. The molecule has 0 unspecified atom stereocenters. The Morgan fingerprint density at radius 3 is 2.82 bits per heavy atom. The van der Waals surface area contributed by atoms with Gasteiger partial charge in [-0.15, -0.1) is 0 Å². The summed E-state index contributed by atoms with van der Waals surface area (Å²) in [5.41, 5.74) is 6.33. The van der Waals surface area contributed by atoms with Crippen molar-refractivity contribution < 1.29 is 13.9 Å². The number of anilines is 2. The molecule has 3 heterocycles. The molecular weight excluding hydrogens is 448 g/mol. The molecule has 1 aromatic carbocycles. The second-order valence-corrected chi connectivity index (χ2v) is 9.84. The van der Waals surface area contributed by atoms with Crippen LogP contribution in [0.25, 0.3) is 11.0 Å². The van der Waals surface area contributed by atoms with Crippen LogP contribution in [-0.4, -0.2) is 36.1 Å². The number of halogens is 2. The van der Waals surface area contributed by atoms with Gasteiger partial charge in [0.05, 0.1) is 27.5 Å². The standard InChI is InChI=1S/C22H19F2N7OS/c1-10(32)22-6-16(22)21(2,31-20(26)33-22)13-4-12(5-14(23)17(13)24)30-19-18-15(28-9-29-19)3-11(7-25)8-27-18/h3-5,8-10,16,32H,6H2,1-2H3,(H2,26,31)(H,28,29,30)/t10-,16-,21+,22+/m0/s1. The zero-order chi connectivity index (χ0) is 23.5. The molecule has 8 nitrogen and oxygen atoms in total. The van der Waals surface area contributed by atoms with Gasteiger partial charge in [-0.3, -0.25) is 4.99 Å². The lowest BCUT2D eigenvalue weighted by atomic mass is 9.84. The Balaban J connectivity index is 1.58. The van der Waals surface area contributed by atoms with E-state index >= 15 is 4.39 Å². The van der Waals surface area contributed by atoms with Crippen LogP contribution in [0.3, 0.4) is 0 Å². The molecule has 1 fully saturated rings. The molecule has 168 valence electrons. The van der Waals surface area contributed by atoms with Crippen molar-refractivity contribution in [3.05, 3.63) is 53.5 Å². The first-order valence-corrected chi connectivity index (χ1v) is 11.0. The smallest absolute Gasteiger partial charge is 0.164 e. The second kappa shape index (κ2) is 7.33. The van der Waals surface area contributed by atoms with Crippen molar-refractivity contribution in [2.75, 3.05) is 5.32 Å². The van der Waals surface area contributed by atoms with Crippen molar-refractivity contribution in [3.63, 3.8) is 0 Å². The van der Waals surface area contributed by atoms with Gasteiger partial charge in [0.2, 0.25) is 0 Å². The second-order valence-electron chi connectivity index (χ2n) is 8.46. The third kappa shape index (κ3) is 3.29. The van der Waals surface area contributed by atoms with E-state index < -0.39 is 28.0 Å². The predicted molar refractivity (Wildman–Crippen MR) is 121 cm³/mol. The van der Waals surface area contributed by atoms with E-state index in [0.29, 0.717) is 23.0 Å². The predicted octanol–water partition coefficient (Wildman–Crippen LogP) is 3.33. The molecule has 1 saturated carbocycles. The van der Waals surface area contributed by atoms with Crippen LogP contribution in [0.5, 0.6) is 0 Å². The number of thioether (sulfide) groups is 1. The van der Waals surface area contributed by atoms with Crippen LogP contribution in [-0.2, 0) is 5.54 Å². The topological polar surface area (TPSA) is 133 Å². The van der Waals surface area contributed by atoms with E-state index in [0.717, 1.165) is 6.07 Å². The summed E-state index contributed by atoms with van der Waals surface area (Å²) in [6.45, 7) is 3.38. The summed E-state index contributed by atoms with van der Waals surface area (Å²) < 4.78 is 29.2. The number of aromatic nitrogens is 3. The van der Waals surface area contributed by atoms with Crippen molar-refractivity contribution in [2.45, 2.75) is 36.7 Å². The number of nitrogens with one attached hydrogen (secondary N) is 1. The minimum Gasteiger partial charge on any atom is -0.392 e. The first-order chi connectivity index (χ1) is 15.7. The van der Waals surface area contributed by atoms with Crippen molar-refractivity contribution in [2.24, 2.45) is 16.6 Å². The maximum absolute atomic E-state index is 15.1. The normalized spacial score (nSPS) is 26.8. The van der Waals surface area contributed by atoms with Crippen LogP contribution in [0.1, 0.15) is 31.4 Å². The highest BCUT2D eigenvalue weighted by Crippen LogP contribution is 2.67. The number of fused-ring (bicyclic) bond motifs is 2. The molecule has 2 aliphatic rings. The van der Waals surface area contributed by atoms with E-state index in [2.05, 4.69) is 25.3 Å². The molecule has 1 aliphatic heterocycles. The van der Waals surface area contributed by atoms with Crippen molar-refractivity contribution >= 4 is 39.5 Å². The average molecular weight is 468 g/mol. The van der Waals surface area contributed by atoms with Crippen LogP contribution in [0.4, 0.5) is 20.3 Å². The lowest BCUT2D eigenvalue weighted by Gasteiger charge is -2.35. The van der Waals surface area contributed by atoms with E-state index in [1.807, 2.05) is 6.07 Å².